The summed E-state index contributed by atoms with van der Waals surface area (Å²) in [4.78, 5) is 0. The Labute approximate surface area is 157 Å². The van der Waals surface area contributed by atoms with Gasteiger partial charge in [-0.3, -0.25) is 4.68 Å². The minimum absolute atomic E-state index is 0.560. The quantitative estimate of drug-likeness (QED) is 0.654. The molecule has 6 heteroatoms. The molecule has 1 heterocycles. The molecule has 4 nitrogen and oxygen atoms in total. The third-order valence-electron chi connectivity index (χ3n) is 3.72. The van der Waals surface area contributed by atoms with Crippen molar-refractivity contribution in [1.82, 2.24) is 15.1 Å². The van der Waals surface area contributed by atoms with Crippen molar-refractivity contribution >= 4 is 34.6 Å². The van der Waals surface area contributed by atoms with Gasteiger partial charge < -0.3 is 10.6 Å². The number of aryl methyl sites for hydroxylation is 1. The van der Waals surface area contributed by atoms with Crippen molar-refractivity contribution in [1.29, 1.82) is 0 Å². The van der Waals surface area contributed by atoms with Gasteiger partial charge in [0.1, 0.15) is 0 Å². The van der Waals surface area contributed by atoms with Crippen LogP contribution >= 0.6 is 23.8 Å². The number of benzene rings is 2. The van der Waals surface area contributed by atoms with E-state index in [1.165, 1.54) is 11.1 Å². The van der Waals surface area contributed by atoms with Crippen LogP contribution in [0, 0.1) is 6.92 Å². The highest BCUT2D eigenvalue weighted by molar-refractivity contribution is 7.80. The fraction of sp³-hybridized carbons (Fsp3) is 0.158. The predicted molar refractivity (Wildman–Crippen MR) is 107 cm³/mol. The lowest BCUT2D eigenvalue weighted by Crippen LogP contribution is -2.27. The number of thiocarbonyl (C=S) groups is 1. The molecule has 128 valence electrons. The molecule has 0 saturated heterocycles. The zero-order valence-corrected chi connectivity index (χ0v) is 15.4. The zero-order valence-electron chi connectivity index (χ0n) is 13.9. The van der Waals surface area contributed by atoms with Crippen molar-refractivity contribution in [3.05, 3.63) is 82.6 Å². The predicted octanol–water partition coefficient (Wildman–Crippen LogP) is 4.38. The maximum absolute atomic E-state index is 5.88. The smallest absolute Gasteiger partial charge is 0.171 e. The highest BCUT2D eigenvalue weighted by Gasteiger charge is 2.03. The molecular formula is C19H19ClN4S. The third-order valence-corrected chi connectivity index (χ3v) is 4.22. The summed E-state index contributed by atoms with van der Waals surface area (Å²) < 4.78 is 1.88. The molecule has 0 aliphatic rings. The van der Waals surface area contributed by atoms with Crippen molar-refractivity contribution in [2.24, 2.45) is 0 Å². The number of nitrogens with one attached hydrogen (secondary N) is 2. The van der Waals surface area contributed by atoms with Crippen LogP contribution in [0.1, 0.15) is 16.7 Å². The standard InChI is InChI=1S/C19H19ClN4S/c1-14-2-4-16(5-3-14)12-24-13-18(11-22-24)23-19(25)21-10-15-6-8-17(20)9-7-15/h2-9,11,13H,10,12H2,1H3,(H2,21,23,25). The zero-order chi connectivity index (χ0) is 17.6. The van der Waals surface area contributed by atoms with Crippen LogP contribution < -0.4 is 10.6 Å². The Balaban J connectivity index is 1.51. The number of nitrogens with zero attached hydrogens (tertiary/aromatic N) is 2. The van der Waals surface area contributed by atoms with Gasteiger partial charge in [-0.1, -0.05) is 53.6 Å². The van der Waals surface area contributed by atoms with Crippen LogP contribution in [0.3, 0.4) is 0 Å². The average molecular weight is 371 g/mol. The van der Waals surface area contributed by atoms with Crippen LogP contribution in [0.5, 0.6) is 0 Å². The minimum atomic E-state index is 0.560. The molecule has 0 bridgehead atoms. The van der Waals surface area contributed by atoms with Gasteiger partial charge in [0.2, 0.25) is 0 Å². The summed E-state index contributed by atoms with van der Waals surface area (Å²) in [7, 11) is 0. The van der Waals surface area contributed by atoms with Gasteiger partial charge >= 0.3 is 0 Å². The molecule has 0 amide bonds. The third kappa shape index (κ3) is 5.31. The fourth-order valence-electron chi connectivity index (χ4n) is 2.36. The van der Waals surface area contributed by atoms with Gasteiger partial charge in [-0.15, -0.1) is 0 Å². The lowest BCUT2D eigenvalue weighted by atomic mass is 10.1. The number of hydrogen-bond acceptors (Lipinski definition) is 2. The Kier molecular flexibility index (Phi) is 5.68. The van der Waals surface area contributed by atoms with E-state index < -0.39 is 0 Å². The Morgan fingerprint density at radius 2 is 1.76 bits per heavy atom. The summed E-state index contributed by atoms with van der Waals surface area (Å²) in [6.45, 7) is 3.45. The van der Waals surface area contributed by atoms with Crippen molar-refractivity contribution in [3.8, 4) is 0 Å². The molecule has 0 atom stereocenters. The molecule has 0 saturated carbocycles. The van der Waals surface area contributed by atoms with Crippen LogP contribution in [-0.2, 0) is 13.1 Å². The molecule has 25 heavy (non-hydrogen) atoms. The Bertz CT molecular complexity index is 841. The molecule has 0 spiro atoms. The molecule has 1 aromatic heterocycles. The topological polar surface area (TPSA) is 41.9 Å². The second kappa shape index (κ2) is 8.14. The highest BCUT2D eigenvalue weighted by Crippen LogP contribution is 2.11. The van der Waals surface area contributed by atoms with E-state index in [-0.39, 0.29) is 0 Å². The Hall–Kier alpha value is -2.37. The first kappa shape index (κ1) is 17.5. The van der Waals surface area contributed by atoms with E-state index in [4.69, 9.17) is 23.8 Å². The lowest BCUT2D eigenvalue weighted by molar-refractivity contribution is 0.687. The van der Waals surface area contributed by atoms with Crippen LogP contribution in [-0.4, -0.2) is 14.9 Å². The highest BCUT2D eigenvalue weighted by atomic mass is 35.5. The van der Waals surface area contributed by atoms with Crippen molar-refractivity contribution in [2.45, 2.75) is 20.0 Å². The van der Waals surface area contributed by atoms with Crippen LogP contribution in [0.4, 0.5) is 5.69 Å². The van der Waals surface area contributed by atoms with Crippen LogP contribution in [0.2, 0.25) is 5.02 Å². The van der Waals surface area contributed by atoms with Crippen molar-refractivity contribution < 1.29 is 0 Å². The second-order valence-corrected chi connectivity index (χ2v) is 6.69. The normalized spacial score (nSPS) is 10.5. The van der Waals surface area contributed by atoms with E-state index in [1.807, 2.05) is 35.1 Å². The second-order valence-electron chi connectivity index (χ2n) is 5.85. The van der Waals surface area contributed by atoms with E-state index in [1.54, 1.807) is 6.20 Å². The van der Waals surface area contributed by atoms with E-state index >= 15 is 0 Å². The summed E-state index contributed by atoms with van der Waals surface area (Å²) in [6, 6.07) is 16.1. The summed E-state index contributed by atoms with van der Waals surface area (Å²) in [6.07, 6.45) is 3.71. The molecule has 3 rings (SSSR count). The van der Waals surface area contributed by atoms with E-state index in [0.29, 0.717) is 11.7 Å². The minimum Gasteiger partial charge on any atom is -0.358 e. The monoisotopic (exact) mass is 370 g/mol. The molecule has 0 aliphatic carbocycles. The van der Waals surface area contributed by atoms with E-state index in [9.17, 15) is 0 Å². The summed E-state index contributed by atoms with van der Waals surface area (Å²) >= 11 is 11.2. The molecule has 0 unspecified atom stereocenters. The van der Waals surface area contributed by atoms with Gasteiger partial charge in [0.15, 0.2) is 5.11 Å². The molecular weight excluding hydrogens is 352 g/mol. The van der Waals surface area contributed by atoms with Crippen LogP contribution in [0.15, 0.2) is 60.9 Å². The average Bonchev–Trinajstić information content (AvgIpc) is 3.03. The number of rotatable bonds is 5. The van der Waals surface area contributed by atoms with Gasteiger partial charge in [0, 0.05) is 17.8 Å². The Morgan fingerprint density at radius 1 is 1.08 bits per heavy atom. The fourth-order valence-corrected chi connectivity index (χ4v) is 2.67. The number of anilines is 1. The van der Waals surface area contributed by atoms with Gasteiger partial charge in [-0.25, -0.2) is 0 Å². The maximum atomic E-state index is 5.88. The van der Waals surface area contributed by atoms with Gasteiger partial charge in [0.25, 0.3) is 0 Å². The number of halogens is 1. The maximum Gasteiger partial charge on any atom is 0.171 e. The van der Waals surface area contributed by atoms with Crippen molar-refractivity contribution in [3.63, 3.8) is 0 Å². The van der Waals surface area contributed by atoms with E-state index in [0.717, 1.165) is 22.8 Å². The summed E-state index contributed by atoms with van der Waals surface area (Å²) in [5.41, 5.74) is 4.44. The number of aromatic nitrogens is 2. The summed E-state index contributed by atoms with van der Waals surface area (Å²) in [5.74, 6) is 0. The first-order chi connectivity index (χ1) is 12.1. The van der Waals surface area contributed by atoms with Gasteiger partial charge in [-0.2, -0.15) is 5.10 Å². The van der Waals surface area contributed by atoms with Gasteiger partial charge in [0.05, 0.1) is 18.4 Å². The molecule has 2 aromatic carbocycles. The van der Waals surface area contributed by atoms with Gasteiger partial charge in [-0.05, 0) is 42.4 Å². The number of hydrogen-bond donors (Lipinski definition) is 2. The molecule has 0 fully saturated rings. The first-order valence-electron chi connectivity index (χ1n) is 7.96. The Morgan fingerprint density at radius 3 is 2.48 bits per heavy atom. The summed E-state index contributed by atoms with van der Waals surface area (Å²) in [5, 5.41) is 12.0. The lowest BCUT2D eigenvalue weighted by Gasteiger charge is -2.09. The van der Waals surface area contributed by atoms with Crippen LogP contribution in [0.25, 0.3) is 0 Å². The SMILES string of the molecule is Cc1ccc(Cn2cc(NC(=S)NCc3ccc(Cl)cc3)cn2)cc1. The molecule has 2 N–H and O–H groups in total. The largest absolute Gasteiger partial charge is 0.358 e. The van der Waals surface area contributed by atoms with Crippen molar-refractivity contribution in [2.75, 3.05) is 5.32 Å². The first-order valence-corrected chi connectivity index (χ1v) is 8.74. The van der Waals surface area contributed by atoms with E-state index in [2.05, 4.69) is 46.9 Å². The molecule has 0 aliphatic heterocycles. The molecule has 3 aromatic rings. The molecule has 0 radical (unpaired) electrons.